The molecule has 5 heteroatoms. The number of aryl methyl sites for hydroxylation is 1. The van der Waals surface area contributed by atoms with Crippen molar-refractivity contribution < 1.29 is 9.21 Å². The number of hydrogen-bond donors (Lipinski definition) is 2. The van der Waals surface area contributed by atoms with Gasteiger partial charge in [-0.3, -0.25) is 9.69 Å². The topological polar surface area (TPSA) is 57.5 Å². The number of likely N-dealkylation sites (N-methyl/N-ethyl adjacent to an activating group) is 1. The lowest BCUT2D eigenvalue weighted by molar-refractivity contribution is -0.128. The monoisotopic (exact) mass is 265 g/mol. The third-order valence-electron chi connectivity index (χ3n) is 3.61. The maximum atomic E-state index is 12.1. The van der Waals surface area contributed by atoms with Crippen LogP contribution in [0.1, 0.15) is 31.4 Å². The van der Waals surface area contributed by atoms with E-state index in [2.05, 4.69) is 22.5 Å². The molecule has 0 bridgehead atoms. The summed E-state index contributed by atoms with van der Waals surface area (Å²) in [5, 5.41) is 6.19. The van der Waals surface area contributed by atoms with Gasteiger partial charge in [-0.1, -0.05) is 0 Å². The summed E-state index contributed by atoms with van der Waals surface area (Å²) >= 11 is 0. The van der Waals surface area contributed by atoms with Crippen LogP contribution in [0.4, 0.5) is 0 Å². The van der Waals surface area contributed by atoms with Gasteiger partial charge in [-0.25, -0.2) is 0 Å². The van der Waals surface area contributed by atoms with Crippen LogP contribution in [0, 0.1) is 6.92 Å². The molecule has 0 saturated carbocycles. The van der Waals surface area contributed by atoms with Crippen LogP contribution in [0.15, 0.2) is 16.5 Å². The lowest BCUT2D eigenvalue weighted by Crippen LogP contribution is -2.58. The minimum atomic E-state index is -0.130. The number of hydrogen-bond acceptors (Lipinski definition) is 4. The van der Waals surface area contributed by atoms with Gasteiger partial charge in [-0.2, -0.15) is 0 Å². The molecule has 106 valence electrons. The summed E-state index contributed by atoms with van der Waals surface area (Å²) < 4.78 is 5.69. The Bertz CT molecular complexity index is 430. The molecule has 1 aromatic heterocycles. The molecule has 1 saturated heterocycles. The van der Waals surface area contributed by atoms with Gasteiger partial charge in [0.1, 0.15) is 17.6 Å². The van der Waals surface area contributed by atoms with Crippen LogP contribution in [-0.2, 0) is 4.79 Å². The second kappa shape index (κ2) is 6.21. The molecule has 5 nitrogen and oxygen atoms in total. The van der Waals surface area contributed by atoms with Crippen LogP contribution in [0.2, 0.25) is 0 Å². The predicted octanol–water partition coefficient (Wildman–Crippen LogP) is 1.06. The van der Waals surface area contributed by atoms with E-state index in [1.54, 1.807) is 0 Å². The number of furan rings is 1. The molecule has 2 heterocycles. The first kappa shape index (κ1) is 14.1. The van der Waals surface area contributed by atoms with Gasteiger partial charge in [-0.15, -0.1) is 0 Å². The first-order chi connectivity index (χ1) is 9.13. The van der Waals surface area contributed by atoms with E-state index in [1.165, 1.54) is 0 Å². The summed E-state index contributed by atoms with van der Waals surface area (Å²) in [6, 6.07) is 3.95. The highest BCUT2D eigenvalue weighted by molar-refractivity contribution is 5.82. The SMILES string of the molecule is CCNC(=O)C1CNCCN1C(C)c1ccc(C)o1. The Morgan fingerprint density at radius 3 is 3.05 bits per heavy atom. The molecule has 0 aliphatic carbocycles. The number of rotatable bonds is 4. The second-order valence-corrected chi connectivity index (χ2v) is 4.98. The standard InChI is InChI=1S/C14H23N3O2/c1-4-16-14(18)12-9-15-7-8-17(12)11(3)13-6-5-10(2)19-13/h5-6,11-12,15H,4,7-9H2,1-3H3,(H,16,18). The summed E-state index contributed by atoms with van der Waals surface area (Å²) in [6.45, 7) is 9.08. The molecule has 0 aromatic carbocycles. The van der Waals surface area contributed by atoms with Crippen molar-refractivity contribution in [1.82, 2.24) is 15.5 Å². The molecule has 2 rings (SSSR count). The van der Waals surface area contributed by atoms with Crippen molar-refractivity contribution in [2.75, 3.05) is 26.2 Å². The lowest BCUT2D eigenvalue weighted by Gasteiger charge is -2.38. The summed E-state index contributed by atoms with van der Waals surface area (Å²) in [7, 11) is 0. The molecule has 2 N–H and O–H groups in total. The maximum Gasteiger partial charge on any atom is 0.238 e. The number of piperazine rings is 1. The van der Waals surface area contributed by atoms with Crippen LogP contribution < -0.4 is 10.6 Å². The van der Waals surface area contributed by atoms with Gasteiger partial charge in [0.05, 0.1) is 6.04 Å². The first-order valence-electron chi connectivity index (χ1n) is 6.94. The largest absolute Gasteiger partial charge is 0.465 e. The van der Waals surface area contributed by atoms with Crippen molar-refractivity contribution in [2.45, 2.75) is 32.9 Å². The Labute approximate surface area is 114 Å². The van der Waals surface area contributed by atoms with E-state index in [1.807, 2.05) is 26.0 Å². The molecule has 1 fully saturated rings. The molecule has 1 aliphatic heterocycles. The van der Waals surface area contributed by atoms with Crippen molar-refractivity contribution in [3.05, 3.63) is 23.7 Å². The van der Waals surface area contributed by atoms with Crippen LogP contribution in [0.5, 0.6) is 0 Å². The number of nitrogens with one attached hydrogen (secondary N) is 2. The third-order valence-corrected chi connectivity index (χ3v) is 3.61. The molecule has 0 radical (unpaired) electrons. The highest BCUT2D eigenvalue weighted by atomic mass is 16.3. The molecule has 1 aromatic rings. The van der Waals surface area contributed by atoms with E-state index < -0.39 is 0 Å². The van der Waals surface area contributed by atoms with Crippen molar-refractivity contribution in [2.24, 2.45) is 0 Å². The highest BCUT2D eigenvalue weighted by Crippen LogP contribution is 2.25. The fraction of sp³-hybridized carbons (Fsp3) is 0.643. The highest BCUT2D eigenvalue weighted by Gasteiger charge is 2.33. The number of nitrogens with zero attached hydrogens (tertiary/aromatic N) is 1. The van der Waals surface area contributed by atoms with E-state index in [0.717, 1.165) is 24.6 Å². The smallest absolute Gasteiger partial charge is 0.238 e. The van der Waals surface area contributed by atoms with Crippen molar-refractivity contribution in [3.8, 4) is 0 Å². The summed E-state index contributed by atoms with van der Waals surface area (Å²) in [4.78, 5) is 14.3. The molecule has 0 spiro atoms. The number of carbonyl (C=O) groups excluding carboxylic acids is 1. The zero-order valence-corrected chi connectivity index (χ0v) is 11.9. The van der Waals surface area contributed by atoms with Crippen LogP contribution in [-0.4, -0.2) is 43.0 Å². The Balaban J connectivity index is 2.12. The zero-order chi connectivity index (χ0) is 13.8. The minimum Gasteiger partial charge on any atom is -0.465 e. The van der Waals surface area contributed by atoms with E-state index >= 15 is 0 Å². The van der Waals surface area contributed by atoms with E-state index in [-0.39, 0.29) is 18.0 Å². The van der Waals surface area contributed by atoms with Crippen molar-refractivity contribution >= 4 is 5.91 Å². The van der Waals surface area contributed by atoms with Gasteiger partial charge in [0.2, 0.25) is 5.91 Å². The van der Waals surface area contributed by atoms with Gasteiger partial charge in [0.25, 0.3) is 0 Å². The Kier molecular flexibility index (Phi) is 4.61. The molecule has 19 heavy (non-hydrogen) atoms. The van der Waals surface area contributed by atoms with Gasteiger partial charge in [-0.05, 0) is 32.9 Å². The molecule has 1 aliphatic rings. The van der Waals surface area contributed by atoms with Crippen LogP contribution >= 0.6 is 0 Å². The molecule has 2 unspecified atom stereocenters. The summed E-state index contributed by atoms with van der Waals surface area (Å²) in [5.74, 6) is 1.92. The van der Waals surface area contributed by atoms with E-state index in [9.17, 15) is 4.79 Å². The fourth-order valence-corrected chi connectivity index (χ4v) is 2.56. The first-order valence-corrected chi connectivity index (χ1v) is 6.94. The molecular formula is C14H23N3O2. The van der Waals surface area contributed by atoms with Gasteiger partial charge >= 0.3 is 0 Å². The van der Waals surface area contributed by atoms with Gasteiger partial charge < -0.3 is 15.1 Å². The number of carbonyl (C=O) groups is 1. The Morgan fingerprint density at radius 2 is 2.42 bits per heavy atom. The normalized spacial score (nSPS) is 22.2. The van der Waals surface area contributed by atoms with E-state index in [0.29, 0.717) is 13.1 Å². The maximum absolute atomic E-state index is 12.1. The molecule has 1 amide bonds. The second-order valence-electron chi connectivity index (χ2n) is 4.98. The van der Waals surface area contributed by atoms with Gasteiger partial charge in [0, 0.05) is 26.2 Å². The van der Waals surface area contributed by atoms with Crippen LogP contribution in [0.25, 0.3) is 0 Å². The fourth-order valence-electron chi connectivity index (χ4n) is 2.56. The average molecular weight is 265 g/mol. The third kappa shape index (κ3) is 3.16. The van der Waals surface area contributed by atoms with E-state index in [4.69, 9.17) is 4.42 Å². The summed E-state index contributed by atoms with van der Waals surface area (Å²) in [5.41, 5.74) is 0. The van der Waals surface area contributed by atoms with Crippen molar-refractivity contribution in [3.63, 3.8) is 0 Å². The lowest BCUT2D eigenvalue weighted by atomic mass is 10.1. The quantitative estimate of drug-likeness (QED) is 0.854. The average Bonchev–Trinajstić information content (AvgIpc) is 2.85. The molecule has 2 atom stereocenters. The predicted molar refractivity (Wildman–Crippen MR) is 73.9 cm³/mol. The minimum absolute atomic E-state index is 0.0878. The van der Waals surface area contributed by atoms with Gasteiger partial charge in [0.15, 0.2) is 0 Å². The zero-order valence-electron chi connectivity index (χ0n) is 11.9. The Hall–Kier alpha value is -1.33. The summed E-state index contributed by atoms with van der Waals surface area (Å²) in [6.07, 6.45) is 0. The van der Waals surface area contributed by atoms with Crippen LogP contribution in [0.3, 0.4) is 0 Å². The number of amides is 1. The van der Waals surface area contributed by atoms with Crippen molar-refractivity contribution in [1.29, 1.82) is 0 Å². The Morgan fingerprint density at radius 1 is 1.63 bits per heavy atom. The molecular weight excluding hydrogens is 242 g/mol.